The van der Waals surface area contributed by atoms with E-state index in [1.165, 1.54) is 21.9 Å². The minimum absolute atomic E-state index is 0.0592. The molecule has 0 aliphatic heterocycles. The van der Waals surface area contributed by atoms with Crippen molar-refractivity contribution in [3.63, 3.8) is 0 Å². The predicted molar refractivity (Wildman–Crippen MR) is 77.9 cm³/mol. The lowest BCUT2D eigenvalue weighted by atomic mass is 9.87. The Hall–Kier alpha value is -1.89. The van der Waals surface area contributed by atoms with Crippen LogP contribution >= 0.6 is 0 Å². The van der Waals surface area contributed by atoms with E-state index in [2.05, 4.69) is 69.3 Å². The number of benzene rings is 2. The molecule has 0 aliphatic rings. The monoisotopic (exact) mass is 235 g/mol. The SMILES string of the molecule is CC(C)(C)c1nc2ccccc2c2ccccc12. The van der Waals surface area contributed by atoms with Crippen molar-refractivity contribution in [3.05, 3.63) is 54.2 Å². The summed E-state index contributed by atoms with van der Waals surface area (Å²) in [7, 11) is 0. The molecule has 0 amide bonds. The summed E-state index contributed by atoms with van der Waals surface area (Å²) in [4.78, 5) is 4.87. The van der Waals surface area contributed by atoms with Crippen molar-refractivity contribution < 1.29 is 0 Å². The average Bonchev–Trinajstić information content (AvgIpc) is 2.37. The molecule has 0 atom stereocenters. The van der Waals surface area contributed by atoms with E-state index in [9.17, 15) is 0 Å². The van der Waals surface area contributed by atoms with Gasteiger partial charge in [0.05, 0.1) is 11.2 Å². The second kappa shape index (κ2) is 3.81. The van der Waals surface area contributed by atoms with Crippen LogP contribution in [0.3, 0.4) is 0 Å². The van der Waals surface area contributed by atoms with Gasteiger partial charge in [0.15, 0.2) is 0 Å². The highest BCUT2D eigenvalue weighted by molar-refractivity contribution is 6.06. The number of para-hydroxylation sites is 1. The minimum Gasteiger partial charge on any atom is -0.252 e. The Morgan fingerprint density at radius 1 is 0.722 bits per heavy atom. The van der Waals surface area contributed by atoms with Crippen molar-refractivity contribution in [3.8, 4) is 0 Å². The van der Waals surface area contributed by atoms with E-state index in [4.69, 9.17) is 4.98 Å². The van der Waals surface area contributed by atoms with Gasteiger partial charge in [-0.05, 0) is 11.5 Å². The lowest BCUT2D eigenvalue weighted by Gasteiger charge is -2.21. The van der Waals surface area contributed by atoms with Crippen LogP contribution in [0.25, 0.3) is 21.7 Å². The second-order valence-electron chi connectivity index (χ2n) is 5.77. The second-order valence-corrected chi connectivity index (χ2v) is 5.77. The van der Waals surface area contributed by atoms with Gasteiger partial charge in [-0.2, -0.15) is 0 Å². The summed E-state index contributed by atoms with van der Waals surface area (Å²) in [6.45, 7) is 6.66. The van der Waals surface area contributed by atoms with Crippen LogP contribution < -0.4 is 0 Å². The third-order valence-electron chi connectivity index (χ3n) is 3.32. The van der Waals surface area contributed by atoms with Crippen LogP contribution in [0.5, 0.6) is 0 Å². The molecule has 18 heavy (non-hydrogen) atoms. The first-order chi connectivity index (χ1) is 8.57. The van der Waals surface area contributed by atoms with Crippen LogP contribution in [0.15, 0.2) is 48.5 Å². The van der Waals surface area contributed by atoms with E-state index in [0.717, 1.165) is 5.52 Å². The zero-order valence-corrected chi connectivity index (χ0v) is 11.1. The van der Waals surface area contributed by atoms with Crippen LogP contribution in [-0.4, -0.2) is 4.98 Å². The van der Waals surface area contributed by atoms with Crippen molar-refractivity contribution >= 4 is 21.7 Å². The molecule has 1 heterocycles. The van der Waals surface area contributed by atoms with Gasteiger partial charge in [-0.25, -0.2) is 0 Å². The molecule has 0 aliphatic carbocycles. The quantitative estimate of drug-likeness (QED) is 0.515. The number of pyridine rings is 1. The topological polar surface area (TPSA) is 12.9 Å². The Bertz CT molecular complexity index is 720. The molecule has 3 aromatic rings. The van der Waals surface area contributed by atoms with Crippen LogP contribution in [0.4, 0.5) is 0 Å². The molecule has 1 aromatic heterocycles. The van der Waals surface area contributed by atoms with Gasteiger partial charge in [0.25, 0.3) is 0 Å². The van der Waals surface area contributed by atoms with Gasteiger partial charge in [0, 0.05) is 16.2 Å². The van der Waals surface area contributed by atoms with Crippen LogP contribution in [-0.2, 0) is 5.41 Å². The highest BCUT2D eigenvalue weighted by atomic mass is 14.7. The van der Waals surface area contributed by atoms with Gasteiger partial charge >= 0.3 is 0 Å². The maximum atomic E-state index is 4.87. The maximum Gasteiger partial charge on any atom is 0.0712 e. The van der Waals surface area contributed by atoms with Gasteiger partial charge in [0.1, 0.15) is 0 Å². The van der Waals surface area contributed by atoms with E-state index < -0.39 is 0 Å². The van der Waals surface area contributed by atoms with Gasteiger partial charge in [-0.1, -0.05) is 63.2 Å². The van der Waals surface area contributed by atoms with Gasteiger partial charge in [-0.3, -0.25) is 4.98 Å². The molecule has 2 aromatic carbocycles. The molecule has 0 saturated heterocycles. The maximum absolute atomic E-state index is 4.87. The fourth-order valence-electron chi connectivity index (χ4n) is 2.48. The Kier molecular flexibility index (Phi) is 2.37. The first-order valence-corrected chi connectivity index (χ1v) is 6.35. The molecule has 3 rings (SSSR count). The molecule has 0 N–H and O–H groups in total. The highest BCUT2D eigenvalue weighted by Crippen LogP contribution is 2.32. The van der Waals surface area contributed by atoms with Crippen LogP contribution in [0.1, 0.15) is 26.5 Å². The Morgan fingerprint density at radius 3 is 1.94 bits per heavy atom. The fraction of sp³-hybridized carbons (Fsp3) is 0.235. The predicted octanol–water partition coefficient (Wildman–Crippen LogP) is 4.69. The fourth-order valence-corrected chi connectivity index (χ4v) is 2.48. The van der Waals surface area contributed by atoms with E-state index in [-0.39, 0.29) is 5.41 Å². The zero-order valence-electron chi connectivity index (χ0n) is 11.1. The molecule has 1 heteroatoms. The molecule has 0 unspecified atom stereocenters. The third kappa shape index (κ3) is 1.67. The van der Waals surface area contributed by atoms with Crippen molar-refractivity contribution in [2.75, 3.05) is 0 Å². The number of fused-ring (bicyclic) bond motifs is 3. The summed E-state index contributed by atoms with van der Waals surface area (Å²) in [5, 5.41) is 3.80. The molecule has 0 radical (unpaired) electrons. The van der Waals surface area contributed by atoms with Crippen molar-refractivity contribution in [2.24, 2.45) is 0 Å². The van der Waals surface area contributed by atoms with E-state index in [1.807, 2.05) is 0 Å². The summed E-state index contributed by atoms with van der Waals surface area (Å²) in [5.74, 6) is 0. The van der Waals surface area contributed by atoms with Crippen molar-refractivity contribution in [1.29, 1.82) is 0 Å². The van der Waals surface area contributed by atoms with Gasteiger partial charge < -0.3 is 0 Å². The van der Waals surface area contributed by atoms with Crippen LogP contribution in [0, 0.1) is 0 Å². The molecule has 0 fully saturated rings. The summed E-state index contributed by atoms with van der Waals surface area (Å²) in [6.07, 6.45) is 0. The Labute approximate surface area is 107 Å². The van der Waals surface area contributed by atoms with Gasteiger partial charge in [0.2, 0.25) is 0 Å². The number of nitrogens with zero attached hydrogens (tertiary/aromatic N) is 1. The summed E-state index contributed by atoms with van der Waals surface area (Å²) in [6, 6.07) is 16.9. The van der Waals surface area contributed by atoms with Crippen molar-refractivity contribution in [2.45, 2.75) is 26.2 Å². The number of rotatable bonds is 0. The highest BCUT2D eigenvalue weighted by Gasteiger charge is 2.19. The van der Waals surface area contributed by atoms with Crippen LogP contribution in [0.2, 0.25) is 0 Å². The molecule has 0 saturated carbocycles. The first-order valence-electron chi connectivity index (χ1n) is 6.35. The summed E-state index contributed by atoms with van der Waals surface area (Å²) in [5.41, 5.74) is 2.32. The van der Waals surface area contributed by atoms with Crippen molar-refractivity contribution in [1.82, 2.24) is 4.98 Å². The van der Waals surface area contributed by atoms with E-state index in [0.29, 0.717) is 0 Å². The third-order valence-corrected chi connectivity index (χ3v) is 3.32. The smallest absolute Gasteiger partial charge is 0.0712 e. The summed E-state index contributed by atoms with van der Waals surface area (Å²) < 4.78 is 0. The molecule has 90 valence electrons. The standard InChI is InChI=1S/C17H17N/c1-17(2,3)16-14-10-5-4-8-12(14)13-9-6-7-11-15(13)18-16/h4-11H,1-3H3. The Balaban J connectivity index is 2.55. The number of hydrogen-bond donors (Lipinski definition) is 0. The lowest BCUT2D eigenvalue weighted by molar-refractivity contribution is 0.578. The number of hydrogen-bond acceptors (Lipinski definition) is 1. The summed E-state index contributed by atoms with van der Waals surface area (Å²) >= 11 is 0. The molecular weight excluding hydrogens is 218 g/mol. The Morgan fingerprint density at radius 2 is 1.28 bits per heavy atom. The normalized spacial score (nSPS) is 12.2. The molecule has 1 nitrogen and oxygen atoms in total. The lowest BCUT2D eigenvalue weighted by Crippen LogP contribution is -2.14. The molecule has 0 bridgehead atoms. The first kappa shape index (κ1) is 11.2. The van der Waals surface area contributed by atoms with E-state index in [1.54, 1.807) is 0 Å². The largest absolute Gasteiger partial charge is 0.252 e. The molecule has 0 spiro atoms. The number of aromatic nitrogens is 1. The molecular formula is C17H17N. The minimum atomic E-state index is 0.0592. The average molecular weight is 235 g/mol. The zero-order chi connectivity index (χ0) is 12.8. The van der Waals surface area contributed by atoms with Gasteiger partial charge in [-0.15, -0.1) is 0 Å². The van der Waals surface area contributed by atoms with E-state index >= 15 is 0 Å².